The molecule has 4 nitrogen and oxygen atoms in total. The van der Waals surface area contributed by atoms with Gasteiger partial charge in [-0.3, -0.25) is 0 Å². The maximum atomic E-state index is 11.8. The van der Waals surface area contributed by atoms with Crippen molar-refractivity contribution in [1.29, 1.82) is 0 Å². The molecule has 0 spiro atoms. The minimum Gasteiger partial charge on any atom is -0.478 e. The summed E-state index contributed by atoms with van der Waals surface area (Å²) in [7, 11) is 1.36. The number of carbonyl (C=O) groups excluding carboxylic acids is 1. The molecule has 0 atom stereocenters. The molecule has 1 N–H and O–H groups in total. The zero-order valence-corrected chi connectivity index (χ0v) is 17.6. The molecule has 2 aromatic carbocycles. The minimum absolute atomic E-state index is 0.0202. The number of hydrogen-bond acceptors (Lipinski definition) is 3. The van der Waals surface area contributed by atoms with Gasteiger partial charge in [-0.1, -0.05) is 58.9 Å². The highest BCUT2D eigenvalue weighted by Crippen LogP contribution is 2.30. The van der Waals surface area contributed by atoms with Gasteiger partial charge in [0.2, 0.25) is 0 Å². The lowest BCUT2D eigenvalue weighted by atomic mass is 9.78. The van der Waals surface area contributed by atoms with Gasteiger partial charge in [0, 0.05) is 0 Å². The van der Waals surface area contributed by atoms with Crippen LogP contribution in [-0.2, 0) is 23.0 Å². The first-order chi connectivity index (χ1) is 12.9. The zero-order chi connectivity index (χ0) is 21.1. The van der Waals surface area contributed by atoms with Crippen LogP contribution in [0.4, 0.5) is 0 Å². The third kappa shape index (κ3) is 5.44. The monoisotopic (exact) mass is 382 g/mol. The summed E-state index contributed by atoms with van der Waals surface area (Å²) in [5.41, 5.74) is 3.63. The van der Waals surface area contributed by atoms with Crippen molar-refractivity contribution in [3.05, 3.63) is 70.3 Å². The molecule has 28 heavy (non-hydrogen) atoms. The van der Waals surface area contributed by atoms with Crippen LogP contribution in [0.2, 0.25) is 0 Å². The second-order valence-electron chi connectivity index (χ2n) is 9.16. The van der Waals surface area contributed by atoms with E-state index in [1.165, 1.54) is 7.11 Å². The predicted octanol–water partition coefficient (Wildman–Crippen LogP) is 5.28. The van der Waals surface area contributed by atoms with Crippen molar-refractivity contribution in [3.8, 4) is 0 Å². The summed E-state index contributed by atoms with van der Waals surface area (Å²) in [5, 5.41) is 9.66. The molecule has 0 saturated carbocycles. The summed E-state index contributed by atoms with van der Waals surface area (Å²) in [6, 6.07) is 13.2. The molecule has 0 bridgehead atoms. The maximum absolute atomic E-state index is 11.8. The Labute approximate surface area is 167 Å². The molecule has 0 unspecified atom stereocenters. The van der Waals surface area contributed by atoms with Crippen LogP contribution in [0.1, 0.15) is 72.0 Å². The molecule has 0 aromatic heterocycles. The van der Waals surface area contributed by atoms with Crippen LogP contribution in [0.15, 0.2) is 42.5 Å². The van der Waals surface area contributed by atoms with Crippen LogP contribution in [-0.4, -0.2) is 24.2 Å². The third-order valence-corrected chi connectivity index (χ3v) is 4.86. The summed E-state index contributed by atoms with van der Waals surface area (Å²) in [6.07, 6.45) is 1.41. The number of rotatable bonds is 6. The molecular formula is C24H30O4. The Balaban J connectivity index is 2.29. The van der Waals surface area contributed by atoms with Gasteiger partial charge < -0.3 is 9.84 Å². The third-order valence-electron chi connectivity index (χ3n) is 4.86. The van der Waals surface area contributed by atoms with Crippen LogP contribution >= 0.6 is 0 Å². The number of carbonyl (C=O) groups is 2. The highest BCUT2D eigenvalue weighted by atomic mass is 16.5. The summed E-state index contributed by atoms with van der Waals surface area (Å²) in [4.78, 5) is 23.4. The van der Waals surface area contributed by atoms with Crippen LogP contribution in [0.5, 0.6) is 0 Å². The van der Waals surface area contributed by atoms with Gasteiger partial charge in [-0.2, -0.15) is 0 Å². The van der Waals surface area contributed by atoms with E-state index in [9.17, 15) is 14.7 Å². The van der Waals surface area contributed by atoms with Crippen LogP contribution in [0, 0.1) is 5.41 Å². The van der Waals surface area contributed by atoms with Gasteiger partial charge in [0.1, 0.15) is 0 Å². The van der Waals surface area contributed by atoms with Crippen LogP contribution in [0.3, 0.4) is 0 Å². The van der Waals surface area contributed by atoms with Crippen LogP contribution < -0.4 is 0 Å². The van der Waals surface area contributed by atoms with Crippen molar-refractivity contribution in [1.82, 2.24) is 0 Å². The van der Waals surface area contributed by atoms with Gasteiger partial charge in [-0.15, -0.1) is 0 Å². The van der Waals surface area contributed by atoms with Gasteiger partial charge >= 0.3 is 11.9 Å². The molecule has 0 fully saturated rings. The topological polar surface area (TPSA) is 63.6 Å². The second-order valence-corrected chi connectivity index (χ2v) is 9.16. The van der Waals surface area contributed by atoms with E-state index in [0.29, 0.717) is 24.0 Å². The minimum atomic E-state index is -0.888. The molecule has 0 amide bonds. The quantitative estimate of drug-likeness (QED) is 0.690. The molecule has 0 aliphatic carbocycles. The Bertz CT molecular complexity index is 855. The maximum Gasteiger partial charge on any atom is 0.337 e. The molecule has 0 saturated heterocycles. The molecule has 0 aliphatic rings. The van der Waals surface area contributed by atoms with E-state index in [1.807, 2.05) is 24.3 Å². The van der Waals surface area contributed by atoms with Crippen molar-refractivity contribution in [3.63, 3.8) is 0 Å². The Morgan fingerprint density at radius 1 is 0.929 bits per heavy atom. The standard InChI is InChI=1S/C24H30O4/c1-23(2,3)15-18-8-7-16(13-20(18)21(25)26)14-24(4,5)19-11-9-17(10-12-19)22(27)28-6/h7-13H,14-15H2,1-6H3,(H,25,26). The fourth-order valence-corrected chi connectivity index (χ4v) is 3.45. The number of hydrogen-bond donors (Lipinski definition) is 1. The first-order valence-corrected chi connectivity index (χ1v) is 9.47. The van der Waals surface area contributed by atoms with Crippen molar-refractivity contribution in [2.45, 2.75) is 52.9 Å². The fraction of sp³-hybridized carbons (Fsp3) is 0.417. The average molecular weight is 383 g/mol. The lowest BCUT2D eigenvalue weighted by molar-refractivity contribution is 0.0599. The number of ether oxygens (including phenoxy) is 1. The summed E-state index contributed by atoms with van der Waals surface area (Å²) < 4.78 is 4.74. The van der Waals surface area contributed by atoms with Crippen LogP contribution in [0.25, 0.3) is 0 Å². The Kier molecular flexibility index (Phi) is 6.33. The van der Waals surface area contributed by atoms with E-state index in [2.05, 4.69) is 34.6 Å². The van der Waals surface area contributed by atoms with Gasteiger partial charge in [-0.05, 0) is 58.6 Å². The summed E-state index contributed by atoms with van der Waals surface area (Å²) in [5.74, 6) is -1.24. The van der Waals surface area contributed by atoms with Gasteiger partial charge in [0.05, 0.1) is 18.2 Å². The molecule has 2 aromatic rings. The number of esters is 1. The molecule has 150 valence electrons. The molecule has 0 heterocycles. The van der Waals surface area contributed by atoms with E-state index in [-0.39, 0.29) is 16.8 Å². The van der Waals surface area contributed by atoms with Crippen molar-refractivity contribution >= 4 is 11.9 Å². The van der Waals surface area contributed by atoms with Crippen molar-refractivity contribution in [2.75, 3.05) is 7.11 Å². The van der Waals surface area contributed by atoms with E-state index in [1.54, 1.807) is 18.2 Å². The van der Waals surface area contributed by atoms with Gasteiger partial charge in [0.15, 0.2) is 0 Å². The first kappa shape index (κ1) is 21.7. The molecule has 4 heteroatoms. The van der Waals surface area contributed by atoms with Gasteiger partial charge in [-0.25, -0.2) is 9.59 Å². The molecule has 2 rings (SSSR count). The van der Waals surface area contributed by atoms with E-state index < -0.39 is 5.97 Å². The molecular weight excluding hydrogens is 352 g/mol. The number of carboxylic acids is 1. The zero-order valence-electron chi connectivity index (χ0n) is 17.6. The number of carboxylic acid groups (broad SMARTS) is 1. The highest BCUT2D eigenvalue weighted by molar-refractivity contribution is 5.90. The Morgan fingerprint density at radius 2 is 1.54 bits per heavy atom. The lowest BCUT2D eigenvalue weighted by Crippen LogP contribution is -2.21. The average Bonchev–Trinajstić information content (AvgIpc) is 2.60. The fourth-order valence-electron chi connectivity index (χ4n) is 3.45. The van der Waals surface area contributed by atoms with E-state index in [0.717, 1.165) is 16.7 Å². The number of methoxy groups -OCH3 is 1. The SMILES string of the molecule is COC(=O)c1ccc(C(C)(C)Cc2ccc(CC(C)(C)C)c(C(=O)O)c2)cc1. The summed E-state index contributed by atoms with van der Waals surface area (Å²) in [6.45, 7) is 10.5. The first-order valence-electron chi connectivity index (χ1n) is 9.47. The number of benzene rings is 2. The number of aromatic carboxylic acids is 1. The largest absolute Gasteiger partial charge is 0.478 e. The Morgan fingerprint density at radius 3 is 2.04 bits per heavy atom. The smallest absolute Gasteiger partial charge is 0.337 e. The summed E-state index contributed by atoms with van der Waals surface area (Å²) >= 11 is 0. The second kappa shape index (κ2) is 8.17. The normalized spacial score (nSPS) is 11.9. The van der Waals surface area contributed by atoms with E-state index in [4.69, 9.17) is 4.74 Å². The molecule has 0 radical (unpaired) electrons. The molecule has 0 aliphatic heterocycles. The lowest BCUT2D eigenvalue weighted by Gasteiger charge is -2.26. The predicted molar refractivity (Wildman–Crippen MR) is 111 cm³/mol. The Hall–Kier alpha value is -2.62. The van der Waals surface area contributed by atoms with Gasteiger partial charge in [0.25, 0.3) is 0 Å². The van der Waals surface area contributed by atoms with Crippen molar-refractivity contribution in [2.24, 2.45) is 5.41 Å². The highest BCUT2D eigenvalue weighted by Gasteiger charge is 2.24. The van der Waals surface area contributed by atoms with Crippen molar-refractivity contribution < 1.29 is 19.4 Å². The van der Waals surface area contributed by atoms with E-state index >= 15 is 0 Å².